The first-order valence-electron chi connectivity index (χ1n) is 6.83. The number of rotatable bonds is 4. The summed E-state index contributed by atoms with van der Waals surface area (Å²) in [6.07, 6.45) is -0.727. The molecule has 1 aromatic carbocycles. The van der Waals surface area contributed by atoms with E-state index in [1.54, 1.807) is 26.8 Å². The highest BCUT2D eigenvalue weighted by Gasteiger charge is 2.22. The molecule has 0 heterocycles. The number of carboxylic acid groups (broad SMARTS) is 1. The molecule has 0 aliphatic heterocycles. The lowest BCUT2D eigenvalue weighted by Gasteiger charge is -2.21. The number of aromatic carboxylic acids is 1. The minimum absolute atomic E-state index is 0.0582. The lowest BCUT2D eigenvalue weighted by Crippen LogP contribution is -2.44. The van der Waals surface area contributed by atoms with Crippen LogP contribution in [0.15, 0.2) is 22.7 Å². The highest BCUT2D eigenvalue weighted by Crippen LogP contribution is 2.21. The SMILES string of the molecule is C[C@@H](NC(=O)OC(C)(C)C)C(=O)Nc1ccc(Br)cc1C(=O)O. The minimum atomic E-state index is -1.17. The standard InChI is InChI=1S/C15H19BrN2O5/c1-8(17-14(22)23-15(2,3)4)12(19)18-11-6-5-9(16)7-10(11)13(20)21/h5-8H,1-4H3,(H,17,22)(H,18,19)(H,20,21)/t8-/m1/s1. The number of hydrogen-bond donors (Lipinski definition) is 3. The van der Waals surface area contributed by atoms with Crippen LogP contribution in [0.25, 0.3) is 0 Å². The summed E-state index contributed by atoms with van der Waals surface area (Å²) in [5.74, 6) is -1.73. The zero-order valence-electron chi connectivity index (χ0n) is 13.3. The third-order valence-electron chi connectivity index (χ3n) is 2.60. The summed E-state index contributed by atoms with van der Waals surface area (Å²) < 4.78 is 5.63. The van der Waals surface area contributed by atoms with Crippen LogP contribution in [0, 0.1) is 0 Å². The fraction of sp³-hybridized carbons (Fsp3) is 0.400. The van der Waals surface area contributed by atoms with Gasteiger partial charge in [0.1, 0.15) is 11.6 Å². The highest BCUT2D eigenvalue weighted by molar-refractivity contribution is 9.10. The van der Waals surface area contributed by atoms with Gasteiger partial charge in [0.05, 0.1) is 11.3 Å². The van der Waals surface area contributed by atoms with Crippen molar-refractivity contribution in [3.8, 4) is 0 Å². The Morgan fingerprint density at radius 3 is 2.39 bits per heavy atom. The number of amides is 2. The van der Waals surface area contributed by atoms with Crippen molar-refractivity contribution in [3.63, 3.8) is 0 Å². The number of carboxylic acids is 1. The average Bonchev–Trinajstić information content (AvgIpc) is 2.38. The average molecular weight is 387 g/mol. The van der Waals surface area contributed by atoms with Crippen molar-refractivity contribution in [2.75, 3.05) is 5.32 Å². The molecule has 1 rings (SSSR count). The predicted octanol–water partition coefficient (Wildman–Crippen LogP) is 3.00. The maximum Gasteiger partial charge on any atom is 0.408 e. The summed E-state index contributed by atoms with van der Waals surface area (Å²) in [5.41, 5.74) is -0.594. The van der Waals surface area contributed by atoms with E-state index in [0.29, 0.717) is 4.47 Å². The molecule has 0 saturated heterocycles. The van der Waals surface area contributed by atoms with Gasteiger partial charge in [0.2, 0.25) is 5.91 Å². The molecule has 0 fully saturated rings. The Labute approximate surface area is 142 Å². The Hall–Kier alpha value is -2.09. The molecule has 0 aliphatic carbocycles. The quantitative estimate of drug-likeness (QED) is 0.737. The van der Waals surface area contributed by atoms with Crippen molar-refractivity contribution >= 4 is 39.6 Å². The monoisotopic (exact) mass is 386 g/mol. The maximum absolute atomic E-state index is 12.1. The zero-order valence-corrected chi connectivity index (χ0v) is 14.9. The van der Waals surface area contributed by atoms with E-state index in [4.69, 9.17) is 9.84 Å². The molecule has 7 nitrogen and oxygen atoms in total. The van der Waals surface area contributed by atoms with Gasteiger partial charge in [-0.05, 0) is 45.9 Å². The van der Waals surface area contributed by atoms with Crippen LogP contribution in [-0.2, 0) is 9.53 Å². The summed E-state index contributed by atoms with van der Waals surface area (Å²) in [5, 5.41) is 14.0. The molecule has 126 valence electrons. The number of benzene rings is 1. The highest BCUT2D eigenvalue weighted by atomic mass is 79.9. The summed E-state index contributed by atoms with van der Waals surface area (Å²) in [6, 6.07) is 3.55. The summed E-state index contributed by atoms with van der Waals surface area (Å²) in [7, 11) is 0. The number of alkyl carbamates (subject to hydrolysis) is 1. The number of carbonyl (C=O) groups is 3. The van der Waals surface area contributed by atoms with Gasteiger partial charge in [0.15, 0.2) is 0 Å². The van der Waals surface area contributed by atoms with E-state index in [1.807, 2.05) is 0 Å². The van der Waals surface area contributed by atoms with Gasteiger partial charge in [-0.25, -0.2) is 9.59 Å². The van der Waals surface area contributed by atoms with Crippen LogP contribution in [0.4, 0.5) is 10.5 Å². The number of halogens is 1. The van der Waals surface area contributed by atoms with Gasteiger partial charge in [-0.15, -0.1) is 0 Å². The van der Waals surface area contributed by atoms with Gasteiger partial charge in [-0.2, -0.15) is 0 Å². The van der Waals surface area contributed by atoms with Gasteiger partial charge in [0, 0.05) is 4.47 Å². The van der Waals surface area contributed by atoms with Gasteiger partial charge in [-0.3, -0.25) is 4.79 Å². The first-order chi connectivity index (χ1) is 10.5. The number of nitrogens with one attached hydrogen (secondary N) is 2. The first kappa shape index (κ1) is 19.0. The Morgan fingerprint density at radius 2 is 1.87 bits per heavy atom. The Kier molecular flexibility index (Phi) is 6.14. The van der Waals surface area contributed by atoms with Gasteiger partial charge in [0.25, 0.3) is 0 Å². The lowest BCUT2D eigenvalue weighted by molar-refractivity contribution is -0.117. The van der Waals surface area contributed by atoms with E-state index in [2.05, 4.69) is 26.6 Å². The van der Waals surface area contributed by atoms with Crippen molar-refractivity contribution in [3.05, 3.63) is 28.2 Å². The Bertz CT molecular complexity index is 625. The molecule has 0 unspecified atom stereocenters. The number of ether oxygens (including phenoxy) is 1. The zero-order chi connectivity index (χ0) is 17.8. The maximum atomic E-state index is 12.1. The molecule has 8 heteroatoms. The third kappa shape index (κ3) is 6.27. The van der Waals surface area contributed by atoms with Crippen molar-refractivity contribution in [2.24, 2.45) is 0 Å². The van der Waals surface area contributed by atoms with Crippen LogP contribution in [0.2, 0.25) is 0 Å². The second-order valence-electron chi connectivity index (χ2n) is 5.85. The Morgan fingerprint density at radius 1 is 1.26 bits per heavy atom. The molecular formula is C15H19BrN2O5. The molecule has 2 amide bonds. The van der Waals surface area contributed by atoms with Crippen molar-refractivity contribution in [1.82, 2.24) is 5.32 Å². The fourth-order valence-electron chi connectivity index (χ4n) is 1.59. The molecule has 0 aliphatic rings. The molecule has 1 atom stereocenters. The van der Waals surface area contributed by atoms with Crippen LogP contribution in [0.3, 0.4) is 0 Å². The lowest BCUT2D eigenvalue weighted by atomic mass is 10.1. The normalized spacial score (nSPS) is 12.2. The van der Waals surface area contributed by atoms with Gasteiger partial charge >= 0.3 is 12.1 Å². The van der Waals surface area contributed by atoms with Crippen LogP contribution in [-0.4, -0.2) is 34.7 Å². The van der Waals surface area contributed by atoms with Crippen LogP contribution < -0.4 is 10.6 Å². The second kappa shape index (κ2) is 7.45. The molecule has 0 aromatic heterocycles. The summed E-state index contributed by atoms with van der Waals surface area (Å²) >= 11 is 3.17. The number of anilines is 1. The van der Waals surface area contributed by atoms with E-state index in [-0.39, 0.29) is 11.3 Å². The van der Waals surface area contributed by atoms with Crippen LogP contribution in [0.5, 0.6) is 0 Å². The van der Waals surface area contributed by atoms with Crippen molar-refractivity contribution in [1.29, 1.82) is 0 Å². The van der Waals surface area contributed by atoms with Gasteiger partial charge < -0.3 is 20.5 Å². The predicted molar refractivity (Wildman–Crippen MR) is 88.6 cm³/mol. The Balaban J connectivity index is 2.76. The molecule has 0 bridgehead atoms. The largest absolute Gasteiger partial charge is 0.478 e. The molecule has 0 radical (unpaired) electrons. The third-order valence-corrected chi connectivity index (χ3v) is 3.09. The topological polar surface area (TPSA) is 105 Å². The smallest absolute Gasteiger partial charge is 0.408 e. The van der Waals surface area contributed by atoms with E-state index in [0.717, 1.165) is 0 Å². The molecule has 0 saturated carbocycles. The first-order valence-corrected chi connectivity index (χ1v) is 7.62. The number of carbonyl (C=O) groups excluding carboxylic acids is 2. The van der Waals surface area contributed by atoms with E-state index < -0.39 is 29.6 Å². The van der Waals surface area contributed by atoms with Crippen LogP contribution >= 0.6 is 15.9 Å². The summed E-state index contributed by atoms with van der Waals surface area (Å²) in [4.78, 5) is 34.9. The minimum Gasteiger partial charge on any atom is -0.478 e. The number of hydrogen-bond acceptors (Lipinski definition) is 4. The second-order valence-corrected chi connectivity index (χ2v) is 6.77. The molecule has 3 N–H and O–H groups in total. The molecule has 23 heavy (non-hydrogen) atoms. The van der Waals surface area contributed by atoms with E-state index in [1.165, 1.54) is 19.1 Å². The van der Waals surface area contributed by atoms with E-state index >= 15 is 0 Å². The van der Waals surface area contributed by atoms with Gasteiger partial charge in [-0.1, -0.05) is 15.9 Å². The molecular weight excluding hydrogens is 368 g/mol. The fourth-order valence-corrected chi connectivity index (χ4v) is 1.95. The molecule has 0 spiro atoms. The van der Waals surface area contributed by atoms with Crippen molar-refractivity contribution in [2.45, 2.75) is 39.3 Å². The summed E-state index contributed by atoms with van der Waals surface area (Å²) in [6.45, 7) is 6.59. The van der Waals surface area contributed by atoms with Crippen LogP contribution in [0.1, 0.15) is 38.1 Å². The molecule has 1 aromatic rings. The van der Waals surface area contributed by atoms with E-state index in [9.17, 15) is 14.4 Å². The van der Waals surface area contributed by atoms with Crippen molar-refractivity contribution < 1.29 is 24.2 Å².